The molecule has 0 unspecified atom stereocenters. The summed E-state index contributed by atoms with van der Waals surface area (Å²) >= 11 is 0. The summed E-state index contributed by atoms with van der Waals surface area (Å²) < 4.78 is 0. The lowest BCUT2D eigenvalue weighted by Crippen LogP contribution is -2.49. The van der Waals surface area contributed by atoms with Crippen molar-refractivity contribution in [2.24, 2.45) is 5.92 Å². The van der Waals surface area contributed by atoms with E-state index in [2.05, 4.69) is 17.4 Å². The lowest BCUT2D eigenvalue weighted by Gasteiger charge is -2.40. The minimum Gasteiger partial charge on any atom is -0.355 e. The highest BCUT2D eigenvalue weighted by Gasteiger charge is 2.45. The van der Waals surface area contributed by atoms with E-state index in [4.69, 9.17) is 0 Å². The molecule has 0 bridgehead atoms. The summed E-state index contributed by atoms with van der Waals surface area (Å²) in [5, 5.41) is 3.21. The van der Waals surface area contributed by atoms with Gasteiger partial charge in [-0.15, -0.1) is 0 Å². The molecule has 3 rings (SSSR count). The summed E-state index contributed by atoms with van der Waals surface area (Å²) in [4.78, 5) is 12.6. The highest BCUT2D eigenvalue weighted by atomic mass is 16.2. The van der Waals surface area contributed by atoms with Crippen molar-refractivity contribution < 1.29 is 4.79 Å². The number of carbonyl (C=O) groups excluding carboxylic acids is 1. The Labute approximate surface area is 122 Å². The van der Waals surface area contributed by atoms with E-state index >= 15 is 0 Å². The first-order valence-electron chi connectivity index (χ1n) is 8.15. The topological polar surface area (TPSA) is 29.1 Å². The average molecular weight is 271 g/mol. The van der Waals surface area contributed by atoms with Gasteiger partial charge in [-0.1, -0.05) is 62.4 Å². The third kappa shape index (κ3) is 2.61. The number of hydrogen-bond acceptors (Lipinski definition) is 1. The summed E-state index contributed by atoms with van der Waals surface area (Å²) in [7, 11) is 0. The fourth-order valence-electron chi connectivity index (χ4n) is 3.79. The first kappa shape index (κ1) is 13.7. The van der Waals surface area contributed by atoms with Gasteiger partial charge < -0.3 is 5.32 Å². The molecule has 2 aliphatic carbocycles. The molecule has 0 saturated heterocycles. The second-order valence-electron chi connectivity index (χ2n) is 6.50. The molecule has 0 spiro atoms. The van der Waals surface area contributed by atoms with Gasteiger partial charge in [-0.25, -0.2) is 0 Å². The second-order valence-corrected chi connectivity index (χ2v) is 6.50. The predicted octanol–water partition coefficient (Wildman–Crippen LogP) is 3.80. The zero-order valence-corrected chi connectivity index (χ0v) is 12.2. The van der Waals surface area contributed by atoms with Gasteiger partial charge in [0.1, 0.15) is 0 Å². The number of hydrogen-bond donors (Lipinski definition) is 1. The van der Waals surface area contributed by atoms with E-state index in [0.717, 1.165) is 31.7 Å². The molecule has 108 valence electrons. The maximum absolute atomic E-state index is 12.6. The van der Waals surface area contributed by atoms with Crippen molar-refractivity contribution in [3.8, 4) is 0 Å². The largest absolute Gasteiger partial charge is 0.355 e. The Morgan fingerprint density at radius 1 is 1.10 bits per heavy atom. The van der Waals surface area contributed by atoms with Gasteiger partial charge in [-0.05, 0) is 30.7 Å². The lowest BCUT2D eigenvalue weighted by atomic mass is 9.64. The summed E-state index contributed by atoms with van der Waals surface area (Å²) in [6.07, 6.45) is 9.83. The molecule has 1 aromatic rings. The van der Waals surface area contributed by atoms with Crippen LogP contribution in [0, 0.1) is 5.92 Å². The zero-order chi connectivity index (χ0) is 13.8. The predicted molar refractivity (Wildman–Crippen MR) is 81.6 cm³/mol. The average Bonchev–Trinajstić information content (AvgIpc) is 2.92. The molecule has 1 N–H and O–H groups in total. The fraction of sp³-hybridized carbons (Fsp3) is 0.611. The molecule has 0 aliphatic heterocycles. The molecule has 2 saturated carbocycles. The van der Waals surface area contributed by atoms with Crippen molar-refractivity contribution in [1.29, 1.82) is 0 Å². The Balaban J connectivity index is 1.57. The molecule has 2 nitrogen and oxygen atoms in total. The van der Waals surface area contributed by atoms with Crippen LogP contribution in [0.15, 0.2) is 30.3 Å². The molecule has 0 radical (unpaired) electrons. The van der Waals surface area contributed by atoms with Crippen molar-refractivity contribution in [2.45, 2.75) is 56.8 Å². The van der Waals surface area contributed by atoms with Gasteiger partial charge in [0.25, 0.3) is 0 Å². The fourth-order valence-corrected chi connectivity index (χ4v) is 3.79. The van der Waals surface area contributed by atoms with E-state index in [1.165, 1.54) is 37.7 Å². The molecule has 0 aromatic heterocycles. The van der Waals surface area contributed by atoms with Crippen LogP contribution >= 0.6 is 0 Å². The maximum Gasteiger partial charge on any atom is 0.230 e. The van der Waals surface area contributed by atoms with Crippen LogP contribution in [0.3, 0.4) is 0 Å². The molecule has 0 heterocycles. The third-order valence-corrected chi connectivity index (χ3v) is 5.28. The Morgan fingerprint density at radius 2 is 1.80 bits per heavy atom. The normalized spacial score (nSPS) is 21.4. The summed E-state index contributed by atoms with van der Waals surface area (Å²) in [6, 6.07) is 10.3. The van der Waals surface area contributed by atoms with Crippen LogP contribution in [0.2, 0.25) is 0 Å². The SMILES string of the molecule is O=C(NCCC1CCCC1)C1(c2ccccc2)CCC1. The van der Waals surface area contributed by atoms with E-state index in [1.54, 1.807) is 0 Å². The van der Waals surface area contributed by atoms with E-state index in [-0.39, 0.29) is 11.3 Å². The quantitative estimate of drug-likeness (QED) is 0.867. The van der Waals surface area contributed by atoms with Crippen molar-refractivity contribution in [3.05, 3.63) is 35.9 Å². The van der Waals surface area contributed by atoms with E-state index in [1.807, 2.05) is 18.2 Å². The summed E-state index contributed by atoms with van der Waals surface area (Å²) in [5.74, 6) is 1.11. The standard InChI is InChI=1S/C18H25NO/c20-17(19-14-11-15-7-4-5-8-15)18(12-6-13-18)16-9-2-1-3-10-16/h1-3,9-10,15H,4-8,11-14H2,(H,19,20). The molecule has 2 fully saturated rings. The van der Waals surface area contributed by atoms with E-state index in [9.17, 15) is 4.79 Å². The smallest absolute Gasteiger partial charge is 0.230 e. The number of carbonyl (C=O) groups is 1. The molecule has 1 aromatic carbocycles. The number of benzene rings is 1. The van der Waals surface area contributed by atoms with Crippen LogP contribution in [0.5, 0.6) is 0 Å². The van der Waals surface area contributed by atoms with Gasteiger partial charge >= 0.3 is 0 Å². The van der Waals surface area contributed by atoms with Crippen LogP contribution in [0.4, 0.5) is 0 Å². The van der Waals surface area contributed by atoms with Crippen LogP contribution in [-0.4, -0.2) is 12.5 Å². The Hall–Kier alpha value is -1.31. The highest BCUT2D eigenvalue weighted by molar-refractivity contribution is 5.89. The lowest BCUT2D eigenvalue weighted by molar-refractivity contribution is -0.129. The summed E-state index contributed by atoms with van der Waals surface area (Å²) in [5.41, 5.74) is 0.973. The maximum atomic E-state index is 12.6. The number of nitrogens with one attached hydrogen (secondary N) is 1. The van der Waals surface area contributed by atoms with Gasteiger partial charge in [0, 0.05) is 6.54 Å². The van der Waals surface area contributed by atoms with Gasteiger partial charge in [0.15, 0.2) is 0 Å². The Morgan fingerprint density at radius 3 is 2.40 bits per heavy atom. The van der Waals surface area contributed by atoms with E-state index in [0.29, 0.717) is 0 Å². The van der Waals surface area contributed by atoms with Gasteiger partial charge in [-0.3, -0.25) is 4.79 Å². The van der Waals surface area contributed by atoms with E-state index < -0.39 is 0 Å². The van der Waals surface area contributed by atoms with Gasteiger partial charge in [-0.2, -0.15) is 0 Å². The van der Waals surface area contributed by atoms with Crippen LogP contribution in [-0.2, 0) is 10.2 Å². The number of amides is 1. The van der Waals surface area contributed by atoms with Crippen LogP contribution < -0.4 is 5.32 Å². The second kappa shape index (κ2) is 5.99. The molecule has 0 atom stereocenters. The third-order valence-electron chi connectivity index (χ3n) is 5.28. The van der Waals surface area contributed by atoms with Crippen molar-refractivity contribution in [2.75, 3.05) is 6.54 Å². The minimum absolute atomic E-state index is 0.225. The van der Waals surface area contributed by atoms with Gasteiger partial charge in [0.05, 0.1) is 5.41 Å². The highest BCUT2D eigenvalue weighted by Crippen LogP contribution is 2.43. The summed E-state index contributed by atoms with van der Waals surface area (Å²) in [6.45, 7) is 0.859. The van der Waals surface area contributed by atoms with Crippen LogP contribution in [0.1, 0.15) is 56.9 Å². The van der Waals surface area contributed by atoms with Crippen molar-refractivity contribution >= 4 is 5.91 Å². The molecule has 2 aliphatic rings. The Kier molecular flexibility index (Phi) is 4.09. The molecular weight excluding hydrogens is 246 g/mol. The molecule has 2 heteroatoms. The monoisotopic (exact) mass is 271 g/mol. The van der Waals surface area contributed by atoms with Crippen molar-refractivity contribution in [1.82, 2.24) is 5.32 Å². The van der Waals surface area contributed by atoms with Crippen LogP contribution in [0.25, 0.3) is 0 Å². The zero-order valence-electron chi connectivity index (χ0n) is 12.2. The number of rotatable bonds is 5. The minimum atomic E-state index is -0.225. The first-order chi connectivity index (χ1) is 9.81. The van der Waals surface area contributed by atoms with Crippen molar-refractivity contribution in [3.63, 3.8) is 0 Å². The molecule has 1 amide bonds. The Bertz CT molecular complexity index is 444. The van der Waals surface area contributed by atoms with Gasteiger partial charge in [0.2, 0.25) is 5.91 Å². The molecular formula is C18H25NO. The molecule has 20 heavy (non-hydrogen) atoms. The first-order valence-corrected chi connectivity index (χ1v) is 8.15.